The van der Waals surface area contributed by atoms with Crippen LogP contribution in [0.1, 0.15) is 21.0 Å². The molecule has 0 saturated carbocycles. The van der Waals surface area contributed by atoms with E-state index in [1.807, 2.05) is 23.6 Å². The van der Waals surface area contributed by atoms with Crippen LogP contribution in [0.3, 0.4) is 0 Å². The molecule has 24 heavy (non-hydrogen) atoms. The van der Waals surface area contributed by atoms with Crippen molar-refractivity contribution in [3.8, 4) is 0 Å². The van der Waals surface area contributed by atoms with Gasteiger partial charge in [-0.25, -0.2) is 0 Å². The fourth-order valence-electron chi connectivity index (χ4n) is 2.29. The van der Waals surface area contributed by atoms with Crippen molar-refractivity contribution in [2.24, 2.45) is 0 Å². The summed E-state index contributed by atoms with van der Waals surface area (Å²) in [7, 11) is 0. The molecule has 2 aromatic heterocycles. The van der Waals surface area contributed by atoms with Crippen molar-refractivity contribution in [2.75, 3.05) is 0 Å². The van der Waals surface area contributed by atoms with Crippen LogP contribution in [0.2, 0.25) is 0 Å². The lowest BCUT2D eigenvalue weighted by molar-refractivity contribution is -0.384. The highest BCUT2D eigenvalue weighted by Crippen LogP contribution is 2.19. The van der Waals surface area contributed by atoms with Gasteiger partial charge in [-0.2, -0.15) is 0 Å². The van der Waals surface area contributed by atoms with Crippen molar-refractivity contribution in [1.82, 2.24) is 4.90 Å². The fraction of sp³-hybridized carbons (Fsp3) is 0.118. The molecule has 7 heteroatoms. The number of nitro groups is 1. The monoisotopic (exact) mass is 342 g/mol. The van der Waals surface area contributed by atoms with Gasteiger partial charge in [-0.3, -0.25) is 14.9 Å². The van der Waals surface area contributed by atoms with E-state index in [9.17, 15) is 14.9 Å². The predicted octanol–water partition coefficient (Wildman–Crippen LogP) is 4.09. The Hall–Kier alpha value is -2.93. The third-order valence-corrected chi connectivity index (χ3v) is 4.33. The van der Waals surface area contributed by atoms with Crippen molar-refractivity contribution >= 4 is 22.9 Å². The quantitative estimate of drug-likeness (QED) is 0.499. The van der Waals surface area contributed by atoms with E-state index in [0.29, 0.717) is 24.4 Å². The highest BCUT2D eigenvalue weighted by molar-refractivity contribution is 7.09. The molecule has 3 aromatic rings. The first-order chi connectivity index (χ1) is 11.6. The van der Waals surface area contributed by atoms with Crippen LogP contribution in [0, 0.1) is 10.1 Å². The average molecular weight is 342 g/mol. The van der Waals surface area contributed by atoms with Gasteiger partial charge in [0.25, 0.3) is 11.6 Å². The Bertz CT molecular complexity index is 775. The molecule has 0 aliphatic rings. The van der Waals surface area contributed by atoms with Crippen LogP contribution in [0.5, 0.6) is 0 Å². The zero-order chi connectivity index (χ0) is 16.9. The van der Waals surface area contributed by atoms with Gasteiger partial charge in [0.2, 0.25) is 0 Å². The summed E-state index contributed by atoms with van der Waals surface area (Å²) in [6, 6.07) is 13.1. The number of hydrogen-bond acceptors (Lipinski definition) is 5. The number of benzene rings is 1. The van der Waals surface area contributed by atoms with Gasteiger partial charge in [0, 0.05) is 22.6 Å². The molecule has 0 radical (unpaired) electrons. The summed E-state index contributed by atoms with van der Waals surface area (Å²) in [5, 5.41) is 12.7. The van der Waals surface area contributed by atoms with Crippen LogP contribution in [0.15, 0.2) is 64.6 Å². The minimum Gasteiger partial charge on any atom is -0.467 e. The summed E-state index contributed by atoms with van der Waals surface area (Å²) in [6.07, 6.45) is 1.56. The number of rotatable bonds is 6. The molecule has 0 unspecified atom stereocenters. The van der Waals surface area contributed by atoms with E-state index in [-0.39, 0.29) is 11.6 Å². The van der Waals surface area contributed by atoms with E-state index in [1.165, 1.54) is 24.3 Å². The van der Waals surface area contributed by atoms with Gasteiger partial charge in [-0.15, -0.1) is 11.3 Å². The molecule has 2 heterocycles. The number of furan rings is 1. The zero-order valence-electron chi connectivity index (χ0n) is 12.6. The van der Waals surface area contributed by atoms with Crippen molar-refractivity contribution in [1.29, 1.82) is 0 Å². The molecule has 3 rings (SSSR count). The lowest BCUT2D eigenvalue weighted by atomic mass is 10.1. The maximum absolute atomic E-state index is 12.8. The Morgan fingerprint density at radius 1 is 1.12 bits per heavy atom. The first kappa shape index (κ1) is 15.9. The van der Waals surface area contributed by atoms with Gasteiger partial charge >= 0.3 is 0 Å². The van der Waals surface area contributed by atoms with Crippen molar-refractivity contribution in [2.45, 2.75) is 13.1 Å². The van der Waals surface area contributed by atoms with Gasteiger partial charge < -0.3 is 9.32 Å². The second-order valence-corrected chi connectivity index (χ2v) is 6.16. The molecule has 122 valence electrons. The SMILES string of the molecule is O=C(c1ccc([N+](=O)[O-])cc1)N(Cc1ccco1)Cc1cccs1. The van der Waals surface area contributed by atoms with Crippen LogP contribution in [-0.4, -0.2) is 15.7 Å². The number of nitro benzene ring substituents is 1. The van der Waals surface area contributed by atoms with Crippen LogP contribution in [0.25, 0.3) is 0 Å². The minimum absolute atomic E-state index is 0.0395. The topological polar surface area (TPSA) is 76.6 Å². The molecule has 6 nitrogen and oxygen atoms in total. The Labute approximate surface area is 142 Å². The Kier molecular flexibility index (Phi) is 4.72. The van der Waals surface area contributed by atoms with E-state index in [1.54, 1.807) is 28.6 Å². The molecule has 0 atom stereocenters. The molecule has 0 aliphatic heterocycles. The van der Waals surface area contributed by atoms with Gasteiger partial charge in [0.15, 0.2) is 0 Å². The summed E-state index contributed by atoms with van der Waals surface area (Å²) >= 11 is 1.57. The lowest BCUT2D eigenvalue weighted by Crippen LogP contribution is -2.29. The van der Waals surface area contributed by atoms with Crippen molar-refractivity contribution < 1.29 is 14.1 Å². The lowest BCUT2D eigenvalue weighted by Gasteiger charge is -2.21. The zero-order valence-corrected chi connectivity index (χ0v) is 13.4. The predicted molar refractivity (Wildman–Crippen MR) is 89.7 cm³/mol. The molecule has 0 spiro atoms. The number of carbonyl (C=O) groups is 1. The van der Waals surface area contributed by atoms with E-state index in [4.69, 9.17) is 4.42 Å². The maximum Gasteiger partial charge on any atom is 0.269 e. The van der Waals surface area contributed by atoms with E-state index < -0.39 is 4.92 Å². The summed E-state index contributed by atoms with van der Waals surface area (Å²) in [6.45, 7) is 0.787. The van der Waals surface area contributed by atoms with Crippen LogP contribution < -0.4 is 0 Å². The second kappa shape index (κ2) is 7.10. The summed E-state index contributed by atoms with van der Waals surface area (Å²) < 4.78 is 5.34. The molecule has 0 bridgehead atoms. The first-order valence-corrected chi connectivity index (χ1v) is 8.10. The molecule has 0 N–H and O–H groups in total. The normalized spacial score (nSPS) is 10.5. The average Bonchev–Trinajstić information content (AvgIpc) is 3.27. The first-order valence-electron chi connectivity index (χ1n) is 7.22. The van der Waals surface area contributed by atoms with Crippen LogP contribution in [-0.2, 0) is 13.1 Å². The highest BCUT2D eigenvalue weighted by atomic mass is 32.1. The summed E-state index contributed by atoms with van der Waals surface area (Å²) in [4.78, 5) is 25.8. The van der Waals surface area contributed by atoms with Gasteiger partial charge in [0.1, 0.15) is 5.76 Å². The number of amides is 1. The summed E-state index contributed by atoms with van der Waals surface area (Å²) in [5.74, 6) is 0.483. The smallest absolute Gasteiger partial charge is 0.269 e. The second-order valence-electron chi connectivity index (χ2n) is 5.12. The highest BCUT2D eigenvalue weighted by Gasteiger charge is 2.19. The number of thiophene rings is 1. The van der Waals surface area contributed by atoms with Gasteiger partial charge in [0.05, 0.1) is 24.3 Å². The van der Waals surface area contributed by atoms with Crippen LogP contribution >= 0.6 is 11.3 Å². The molecule has 0 aliphatic carbocycles. The molecule has 0 saturated heterocycles. The number of carbonyl (C=O) groups excluding carboxylic acids is 1. The number of hydrogen-bond donors (Lipinski definition) is 0. The maximum atomic E-state index is 12.8. The van der Waals surface area contributed by atoms with Crippen LogP contribution in [0.4, 0.5) is 5.69 Å². The third kappa shape index (κ3) is 3.69. The minimum atomic E-state index is -0.486. The van der Waals surface area contributed by atoms with E-state index in [0.717, 1.165) is 4.88 Å². The molecule has 1 aromatic carbocycles. The van der Waals surface area contributed by atoms with Crippen molar-refractivity contribution in [3.63, 3.8) is 0 Å². The fourth-order valence-corrected chi connectivity index (χ4v) is 3.01. The Balaban J connectivity index is 1.82. The van der Waals surface area contributed by atoms with E-state index in [2.05, 4.69) is 0 Å². The molecular weight excluding hydrogens is 328 g/mol. The van der Waals surface area contributed by atoms with E-state index >= 15 is 0 Å². The molecular formula is C17H14N2O4S. The largest absolute Gasteiger partial charge is 0.467 e. The Morgan fingerprint density at radius 3 is 2.50 bits per heavy atom. The standard InChI is InChI=1S/C17H14N2O4S/c20-17(13-5-7-14(8-6-13)19(21)22)18(11-15-3-1-9-23-15)12-16-4-2-10-24-16/h1-10H,11-12H2. The van der Waals surface area contributed by atoms with Gasteiger partial charge in [-0.05, 0) is 35.7 Å². The number of non-ortho nitro benzene ring substituents is 1. The summed E-state index contributed by atoms with van der Waals surface area (Å²) in [5.41, 5.74) is 0.367. The van der Waals surface area contributed by atoms with Crippen molar-refractivity contribution in [3.05, 3.63) is 86.5 Å². The Morgan fingerprint density at radius 2 is 1.92 bits per heavy atom. The third-order valence-electron chi connectivity index (χ3n) is 3.47. The number of nitrogens with zero attached hydrogens (tertiary/aromatic N) is 2. The molecule has 1 amide bonds. The van der Waals surface area contributed by atoms with Gasteiger partial charge in [-0.1, -0.05) is 6.07 Å². The molecule has 0 fully saturated rings.